The van der Waals surface area contributed by atoms with Gasteiger partial charge in [-0.3, -0.25) is 37.3 Å². The minimum absolute atomic E-state index is 0.101. The molecule has 572 valence electrons. The Kier molecular flexibility index (Phi) is 68.8. The van der Waals surface area contributed by atoms with Crippen LogP contribution in [-0.2, 0) is 65.4 Å². The fourth-order valence-corrected chi connectivity index (χ4v) is 13.1. The fourth-order valence-electron chi connectivity index (χ4n) is 11.5. The first-order valence-electron chi connectivity index (χ1n) is 40.0. The van der Waals surface area contributed by atoms with Crippen LogP contribution < -0.4 is 0 Å². The molecule has 0 heterocycles. The molecule has 0 aliphatic carbocycles. The fraction of sp³-hybridized carbons (Fsp3) is 0.897. The van der Waals surface area contributed by atoms with Crippen molar-refractivity contribution >= 4 is 39.5 Å². The Morgan fingerprint density at radius 1 is 0.320 bits per heavy atom. The van der Waals surface area contributed by atoms with Crippen molar-refractivity contribution in [2.45, 2.75) is 406 Å². The van der Waals surface area contributed by atoms with Crippen LogP contribution in [0, 0.1) is 5.92 Å². The van der Waals surface area contributed by atoms with Crippen LogP contribution in [0.2, 0.25) is 0 Å². The zero-order valence-corrected chi connectivity index (χ0v) is 64.5. The second-order valence-corrected chi connectivity index (χ2v) is 30.8. The topological polar surface area (TPSA) is 237 Å². The van der Waals surface area contributed by atoms with Gasteiger partial charge in [-0.1, -0.05) is 335 Å². The summed E-state index contributed by atoms with van der Waals surface area (Å²) in [6.45, 7) is 7.26. The van der Waals surface area contributed by atoms with Crippen LogP contribution in [0.15, 0.2) is 24.3 Å². The van der Waals surface area contributed by atoms with E-state index in [1.165, 1.54) is 193 Å². The lowest BCUT2D eigenvalue weighted by Gasteiger charge is -2.21. The zero-order chi connectivity index (χ0) is 71.2. The summed E-state index contributed by atoms with van der Waals surface area (Å²) in [5, 5.41) is 10.6. The number of hydrogen-bond donors (Lipinski definition) is 3. The van der Waals surface area contributed by atoms with Gasteiger partial charge in [-0.25, -0.2) is 9.13 Å². The van der Waals surface area contributed by atoms with Crippen LogP contribution in [0.1, 0.15) is 388 Å². The third-order valence-electron chi connectivity index (χ3n) is 17.7. The van der Waals surface area contributed by atoms with Gasteiger partial charge in [0.2, 0.25) is 0 Å². The Morgan fingerprint density at radius 3 is 0.845 bits per heavy atom. The van der Waals surface area contributed by atoms with E-state index in [0.717, 1.165) is 115 Å². The second kappa shape index (κ2) is 70.6. The molecule has 0 spiro atoms. The molecule has 0 rings (SSSR count). The quantitative estimate of drug-likeness (QED) is 0.0169. The molecule has 0 aliphatic rings. The highest BCUT2D eigenvalue weighted by Gasteiger charge is 2.30. The van der Waals surface area contributed by atoms with Crippen molar-refractivity contribution in [2.24, 2.45) is 5.92 Å². The summed E-state index contributed by atoms with van der Waals surface area (Å²) < 4.78 is 68.6. The second-order valence-electron chi connectivity index (χ2n) is 27.9. The summed E-state index contributed by atoms with van der Waals surface area (Å²) in [4.78, 5) is 72.9. The number of phosphoric acid groups is 2. The van der Waals surface area contributed by atoms with Crippen LogP contribution in [0.4, 0.5) is 0 Å². The predicted molar refractivity (Wildman–Crippen MR) is 395 cm³/mol. The Labute approximate surface area is 592 Å². The maximum absolute atomic E-state index is 13.1. The van der Waals surface area contributed by atoms with Crippen molar-refractivity contribution in [1.82, 2.24) is 0 Å². The Morgan fingerprint density at radius 2 is 0.557 bits per heavy atom. The standard InChI is InChI=1S/C78H148O17P2/c1-6-9-12-15-18-21-24-26-28-33-37-42-47-52-57-62-76(81)89-68-74(95-78(83)64-59-54-49-44-39-34-30-29-31-36-40-45-50-55-60-71(4)5)70-93-97(86,87)91-66-72(79)65-90-96(84,85)92-69-73(67-88-75(80)61-56-51-46-41-35-23-20-17-14-11-8-3)94-77(82)63-58-53-48-43-38-32-27-25-22-19-16-13-10-7-2/h21,24,26,28,71-74,79H,6-20,22-23,25,27,29-70H2,1-5H3,(H,84,85)(H,86,87)/b24-21-,28-26-/t72-,73+,74+/m0/s1. The smallest absolute Gasteiger partial charge is 0.462 e. The van der Waals surface area contributed by atoms with Gasteiger partial charge in [-0.05, 0) is 57.3 Å². The van der Waals surface area contributed by atoms with E-state index < -0.39 is 97.5 Å². The van der Waals surface area contributed by atoms with E-state index in [4.69, 9.17) is 37.0 Å². The molecule has 0 aromatic heterocycles. The summed E-state index contributed by atoms with van der Waals surface area (Å²) >= 11 is 0. The molecular formula is C78H148O17P2. The van der Waals surface area contributed by atoms with Crippen LogP contribution in [0.25, 0.3) is 0 Å². The highest BCUT2D eigenvalue weighted by molar-refractivity contribution is 7.47. The molecule has 0 saturated carbocycles. The number of rotatable bonds is 76. The maximum Gasteiger partial charge on any atom is 0.472 e. The van der Waals surface area contributed by atoms with Gasteiger partial charge in [-0.2, -0.15) is 0 Å². The zero-order valence-electron chi connectivity index (χ0n) is 62.7. The molecule has 0 aliphatic heterocycles. The van der Waals surface area contributed by atoms with Crippen molar-refractivity contribution in [3.8, 4) is 0 Å². The predicted octanol–water partition coefficient (Wildman–Crippen LogP) is 22.8. The van der Waals surface area contributed by atoms with Gasteiger partial charge < -0.3 is 33.8 Å². The molecule has 97 heavy (non-hydrogen) atoms. The molecule has 19 heteroatoms. The molecule has 0 amide bonds. The SMILES string of the molecule is CCCCCC/C=C\C=C/CCCCCCCC(=O)OC[C@H](COP(=O)(O)OC[C@@H](O)COP(=O)(O)OC[C@@H](COC(=O)CCCCCCCCCCCCC)OC(=O)CCCCCCCCCCCCCCCC)OC(=O)CCCCCCCCCCCCCCCCC(C)C. The first-order chi connectivity index (χ1) is 47.0. The van der Waals surface area contributed by atoms with Crippen molar-refractivity contribution < 1.29 is 80.2 Å². The number of allylic oxidation sites excluding steroid dienone is 4. The van der Waals surface area contributed by atoms with E-state index in [-0.39, 0.29) is 25.7 Å². The molecule has 0 bridgehead atoms. The molecular weight excluding hydrogens is 1270 g/mol. The van der Waals surface area contributed by atoms with Crippen molar-refractivity contribution in [2.75, 3.05) is 39.6 Å². The molecule has 17 nitrogen and oxygen atoms in total. The van der Waals surface area contributed by atoms with Gasteiger partial charge in [-0.15, -0.1) is 0 Å². The van der Waals surface area contributed by atoms with Gasteiger partial charge in [0.05, 0.1) is 26.4 Å². The first kappa shape index (κ1) is 94.5. The number of aliphatic hydroxyl groups excluding tert-OH is 1. The number of esters is 4. The highest BCUT2D eigenvalue weighted by Crippen LogP contribution is 2.45. The summed E-state index contributed by atoms with van der Waals surface area (Å²) in [5.74, 6) is -1.35. The van der Waals surface area contributed by atoms with Crippen LogP contribution in [0.5, 0.6) is 0 Å². The molecule has 0 aromatic rings. The van der Waals surface area contributed by atoms with Gasteiger partial charge >= 0.3 is 39.5 Å². The van der Waals surface area contributed by atoms with Crippen molar-refractivity contribution in [3.63, 3.8) is 0 Å². The Hall–Kier alpha value is -2.46. The molecule has 0 saturated heterocycles. The van der Waals surface area contributed by atoms with Gasteiger partial charge in [0, 0.05) is 25.7 Å². The minimum atomic E-state index is -4.97. The highest BCUT2D eigenvalue weighted by atomic mass is 31.2. The van der Waals surface area contributed by atoms with E-state index in [0.29, 0.717) is 25.7 Å². The molecule has 0 radical (unpaired) electrons. The molecule has 2 unspecified atom stereocenters. The molecule has 0 fully saturated rings. The number of carbonyl (C=O) groups is 4. The van der Waals surface area contributed by atoms with Gasteiger partial charge in [0.25, 0.3) is 0 Å². The summed E-state index contributed by atoms with van der Waals surface area (Å²) in [6.07, 6.45) is 63.0. The lowest BCUT2D eigenvalue weighted by Crippen LogP contribution is -2.30. The number of carbonyl (C=O) groups excluding carboxylic acids is 4. The first-order valence-corrected chi connectivity index (χ1v) is 42.9. The number of aliphatic hydroxyl groups is 1. The number of phosphoric ester groups is 2. The average molecular weight is 1420 g/mol. The molecule has 0 aromatic carbocycles. The third-order valence-corrected chi connectivity index (χ3v) is 19.6. The monoisotopic (exact) mass is 1420 g/mol. The van der Waals surface area contributed by atoms with E-state index in [1.54, 1.807) is 0 Å². The van der Waals surface area contributed by atoms with E-state index in [2.05, 4.69) is 58.9 Å². The van der Waals surface area contributed by atoms with Crippen LogP contribution in [-0.4, -0.2) is 96.7 Å². The van der Waals surface area contributed by atoms with E-state index in [9.17, 15) is 43.2 Å². The Bertz CT molecular complexity index is 1950. The summed E-state index contributed by atoms with van der Waals surface area (Å²) in [7, 11) is -9.92. The van der Waals surface area contributed by atoms with E-state index >= 15 is 0 Å². The lowest BCUT2D eigenvalue weighted by atomic mass is 10.0. The van der Waals surface area contributed by atoms with Crippen molar-refractivity contribution in [3.05, 3.63) is 24.3 Å². The molecule has 5 atom stereocenters. The van der Waals surface area contributed by atoms with Gasteiger partial charge in [0.1, 0.15) is 19.3 Å². The molecule has 3 N–H and O–H groups in total. The average Bonchev–Trinajstić information content (AvgIpc) is 1.33. The summed E-state index contributed by atoms with van der Waals surface area (Å²) in [6, 6.07) is 0. The lowest BCUT2D eigenvalue weighted by molar-refractivity contribution is -0.161. The number of unbranched alkanes of at least 4 members (excludes halogenated alkanes) is 45. The minimum Gasteiger partial charge on any atom is -0.462 e. The number of hydrogen-bond acceptors (Lipinski definition) is 15. The maximum atomic E-state index is 13.1. The largest absolute Gasteiger partial charge is 0.472 e. The normalized spacial score (nSPS) is 14.1. The Balaban J connectivity index is 5.29. The van der Waals surface area contributed by atoms with Crippen molar-refractivity contribution in [1.29, 1.82) is 0 Å². The number of ether oxygens (including phenoxy) is 4. The summed E-state index contributed by atoms with van der Waals surface area (Å²) in [5.41, 5.74) is 0. The van der Waals surface area contributed by atoms with Gasteiger partial charge in [0.15, 0.2) is 12.2 Å². The van der Waals surface area contributed by atoms with Crippen LogP contribution >= 0.6 is 15.6 Å². The van der Waals surface area contributed by atoms with Crippen LogP contribution in [0.3, 0.4) is 0 Å². The van der Waals surface area contributed by atoms with E-state index in [1.807, 2.05) is 0 Å². The third kappa shape index (κ3) is 71.7.